The van der Waals surface area contributed by atoms with E-state index in [2.05, 4.69) is 5.32 Å². The molecule has 4 nitrogen and oxygen atoms in total. The molecular weight excluding hydrogens is 369 g/mol. The topological polar surface area (TPSA) is 49.4 Å². The first-order chi connectivity index (χ1) is 13.3. The van der Waals surface area contributed by atoms with Gasteiger partial charge in [0.15, 0.2) is 0 Å². The summed E-state index contributed by atoms with van der Waals surface area (Å²) in [6, 6.07) is 13.2. The number of rotatable bonds is 5. The van der Waals surface area contributed by atoms with Gasteiger partial charge < -0.3 is 10.2 Å². The molecule has 3 rings (SSSR count). The molecule has 0 aliphatic carbocycles. The van der Waals surface area contributed by atoms with Crippen molar-refractivity contribution in [3.8, 4) is 0 Å². The molecule has 1 aliphatic rings. The Morgan fingerprint density at radius 1 is 1.11 bits per heavy atom. The monoisotopic (exact) mass is 392 g/mol. The van der Waals surface area contributed by atoms with E-state index >= 15 is 0 Å². The van der Waals surface area contributed by atoms with Gasteiger partial charge in [-0.2, -0.15) is 13.2 Å². The van der Waals surface area contributed by atoms with Gasteiger partial charge in [-0.3, -0.25) is 9.59 Å². The number of likely N-dealkylation sites (tertiary alicyclic amines) is 1. The minimum Gasteiger partial charge on any atom is -0.352 e. The highest BCUT2D eigenvalue weighted by atomic mass is 19.4. The van der Waals surface area contributed by atoms with E-state index in [-0.39, 0.29) is 11.8 Å². The molecule has 0 saturated carbocycles. The molecule has 1 saturated heterocycles. The Kier molecular flexibility index (Phi) is 6.21. The molecule has 0 aromatic heterocycles. The number of nitrogens with zero attached hydrogens (tertiary/aromatic N) is 1. The van der Waals surface area contributed by atoms with Gasteiger partial charge in [-0.25, -0.2) is 0 Å². The SMILES string of the molecule is O=C(NCC1CCCN(C(=O)CCC(F)(F)F)C1)c1cccc2ccccc12. The summed E-state index contributed by atoms with van der Waals surface area (Å²) in [7, 11) is 0. The second kappa shape index (κ2) is 8.63. The van der Waals surface area contributed by atoms with Gasteiger partial charge in [0, 0.05) is 31.6 Å². The number of nitrogens with one attached hydrogen (secondary N) is 1. The van der Waals surface area contributed by atoms with E-state index < -0.39 is 24.9 Å². The second-order valence-corrected chi connectivity index (χ2v) is 7.20. The van der Waals surface area contributed by atoms with Crippen LogP contribution in [0.25, 0.3) is 10.8 Å². The lowest BCUT2D eigenvalue weighted by molar-refractivity contribution is -0.150. The molecule has 0 radical (unpaired) electrons. The lowest BCUT2D eigenvalue weighted by Gasteiger charge is -2.33. The standard InChI is InChI=1S/C21H23F3N2O2/c22-21(23,24)11-10-19(27)26-12-4-5-15(14-26)13-25-20(28)18-9-3-7-16-6-1-2-8-17(16)18/h1-3,6-9,15H,4-5,10-14H2,(H,25,28). The summed E-state index contributed by atoms with van der Waals surface area (Å²) in [5.74, 6) is -0.609. The average molecular weight is 392 g/mol. The molecule has 2 aromatic carbocycles. The molecule has 1 heterocycles. The minimum absolute atomic E-state index is 0.0440. The van der Waals surface area contributed by atoms with Crippen molar-refractivity contribution in [1.82, 2.24) is 10.2 Å². The zero-order valence-electron chi connectivity index (χ0n) is 15.5. The molecule has 28 heavy (non-hydrogen) atoms. The number of fused-ring (bicyclic) bond motifs is 1. The fourth-order valence-corrected chi connectivity index (χ4v) is 3.62. The number of amides is 2. The van der Waals surface area contributed by atoms with Gasteiger partial charge >= 0.3 is 6.18 Å². The number of carbonyl (C=O) groups excluding carboxylic acids is 2. The number of benzene rings is 2. The van der Waals surface area contributed by atoms with E-state index in [0.29, 0.717) is 25.2 Å². The molecular formula is C21H23F3N2O2. The number of hydrogen-bond donors (Lipinski definition) is 1. The van der Waals surface area contributed by atoms with Crippen LogP contribution in [-0.2, 0) is 4.79 Å². The molecule has 1 N–H and O–H groups in total. The summed E-state index contributed by atoms with van der Waals surface area (Å²) in [6.07, 6.45) is -4.37. The van der Waals surface area contributed by atoms with Gasteiger partial charge in [0.1, 0.15) is 0 Å². The maximum atomic E-state index is 12.6. The predicted octanol–water partition coefficient (Wildman–Crippen LogP) is 4.15. The van der Waals surface area contributed by atoms with Crippen LogP contribution in [-0.4, -0.2) is 42.5 Å². The van der Waals surface area contributed by atoms with Gasteiger partial charge in [0.2, 0.25) is 5.91 Å². The number of halogens is 3. The molecule has 1 atom stereocenters. The lowest BCUT2D eigenvalue weighted by Crippen LogP contribution is -2.43. The summed E-state index contributed by atoms with van der Waals surface area (Å²) in [5, 5.41) is 4.77. The van der Waals surface area contributed by atoms with Crippen LogP contribution in [0.2, 0.25) is 0 Å². The first-order valence-electron chi connectivity index (χ1n) is 9.44. The summed E-state index contributed by atoms with van der Waals surface area (Å²) >= 11 is 0. The van der Waals surface area contributed by atoms with E-state index in [0.717, 1.165) is 23.6 Å². The molecule has 150 valence electrons. The van der Waals surface area contributed by atoms with Crippen molar-refractivity contribution < 1.29 is 22.8 Å². The highest BCUT2D eigenvalue weighted by Gasteiger charge is 2.30. The van der Waals surface area contributed by atoms with Crippen molar-refractivity contribution >= 4 is 22.6 Å². The molecule has 0 spiro atoms. The number of carbonyl (C=O) groups is 2. The van der Waals surface area contributed by atoms with Crippen molar-refractivity contribution in [3.05, 3.63) is 48.0 Å². The molecule has 0 bridgehead atoms. The van der Waals surface area contributed by atoms with Crippen LogP contribution < -0.4 is 5.32 Å². The van der Waals surface area contributed by atoms with Crippen molar-refractivity contribution in [2.45, 2.75) is 31.9 Å². The largest absolute Gasteiger partial charge is 0.389 e. The van der Waals surface area contributed by atoms with Gasteiger partial charge in [-0.05, 0) is 35.6 Å². The predicted molar refractivity (Wildman–Crippen MR) is 101 cm³/mol. The fourth-order valence-electron chi connectivity index (χ4n) is 3.62. The number of piperidine rings is 1. The van der Waals surface area contributed by atoms with Gasteiger partial charge in [0.05, 0.1) is 6.42 Å². The zero-order valence-corrected chi connectivity index (χ0v) is 15.5. The maximum Gasteiger partial charge on any atom is 0.389 e. The van der Waals surface area contributed by atoms with Crippen LogP contribution in [0.1, 0.15) is 36.0 Å². The Labute approximate surface area is 161 Å². The molecule has 7 heteroatoms. The summed E-state index contributed by atoms with van der Waals surface area (Å²) < 4.78 is 37.0. The highest BCUT2D eigenvalue weighted by Crippen LogP contribution is 2.24. The van der Waals surface area contributed by atoms with E-state index in [9.17, 15) is 22.8 Å². The highest BCUT2D eigenvalue weighted by molar-refractivity contribution is 6.07. The fraction of sp³-hybridized carbons (Fsp3) is 0.429. The second-order valence-electron chi connectivity index (χ2n) is 7.20. The minimum atomic E-state index is -4.32. The van der Waals surface area contributed by atoms with Crippen LogP contribution in [0, 0.1) is 5.92 Å². The summed E-state index contributed by atoms with van der Waals surface area (Å²) in [5.41, 5.74) is 0.590. The molecule has 1 unspecified atom stereocenters. The van der Waals surface area contributed by atoms with Crippen molar-refractivity contribution in [2.75, 3.05) is 19.6 Å². The van der Waals surface area contributed by atoms with E-state index in [4.69, 9.17) is 0 Å². The Bertz CT molecular complexity index is 846. The Hall–Kier alpha value is -2.57. The van der Waals surface area contributed by atoms with Gasteiger partial charge in [-0.1, -0.05) is 36.4 Å². The van der Waals surface area contributed by atoms with E-state index in [1.54, 1.807) is 6.07 Å². The third-order valence-corrected chi connectivity index (χ3v) is 5.08. The van der Waals surface area contributed by atoms with Crippen LogP contribution in [0.15, 0.2) is 42.5 Å². The number of alkyl halides is 3. The normalized spacial score (nSPS) is 17.5. The van der Waals surface area contributed by atoms with Crippen LogP contribution in [0.3, 0.4) is 0 Å². The van der Waals surface area contributed by atoms with Crippen molar-refractivity contribution in [2.24, 2.45) is 5.92 Å². The Balaban J connectivity index is 1.55. The quantitative estimate of drug-likeness (QED) is 0.831. The third-order valence-electron chi connectivity index (χ3n) is 5.08. The van der Waals surface area contributed by atoms with Gasteiger partial charge in [0.25, 0.3) is 5.91 Å². The first-order valence-corrected chi connectivity index (χ1v) is 9.44. The molecule has 1 aliphatic heterocycles. The molecule has 2 amide bonds. The third kappa shape index (κ3) is 5.24. The van der Waals surface area contributed by atoms with Crippen LogP contribution >= 0.6 is 0 Å². The summed E-state index contributed by atoms with van der Waals surface area (Å²) in [6.45, 7) is 1.25. The van der Waals surface area contributed by atoms with E-state index in [1.807, 2.05) is 36.4 Å². The lowest BCUT2D eigenvalue weighted by atomic mass is 9.97. The zero-order chi connectivity index (χ0) is 20.1. The van der Waals surface area contributed by atoms with Gasteiger partial charge in [-0.15, -0.1) is 0 Å². The average Bonchev–Trinajstić information content (AvgIpc) is 2.69. The maximum absolute atomic E-state index is 12.6. The Morgan fingerprint density at radius 2 is 1.86 bits per heavy atom. The van der Waals surface area contributed by atoms with Crippen molar-refractivity contribution in [1.29, 1.82) is 0 Å². The number of hydrogen-bond acceptors (Lipinski definition) is 2. The smallest absolute Gasteiger partial charge is 0.352 e. The molecule has 2 aromatic rings. The van der Waals surface area contributed by atoms with Crippen LogP contribution in [0.4, 0.5) is 13.2 Å². The van der Waals surface area contributed by atoms with E-state index in [1.165, 1.54) is 4.90 Å². The van der Waals surface area contributed by atoms with Crippen LogP contribution in [0.5, 0.6) is 0 Å². The summed E-state index contributed by atoms with van der Waals surface area (Å²) in [4.78, 5) is 26.1. The first kappa shape index (κ1) is 20.2. The van der Waals surface area contributed by atoms with Crippen molar-refractivity contribution in [3.63, 3.8) is 0 Å². The Morgan fingerprint density at radius 3 is 2.64 bits per heavy atom. The molecule has 1 fully saturated rings.